The highest BCUT2D eigenvalue weighted by Gasteiger charge is 2.30. The van der Waals surface area contributed by atoms with E-state index in [9.17, 15) is 13.2 Å². The van der Waals surface area contributed by atoms with Crippen molar-refractivity contribution in [2.75, 3.05) is 18.8 Å². The van der Waals surface area contributed by atoms with Gasteiger partial charge in [-0.05, 0) is 56.0 Å². The minimum Gasteiger partial charge on any atom is -0.398 e. The predicted octanol–water partition coefficient (Wildman–Crippen LogP) is 2.83. The van der Waals surface area contributed by atoms with Crippen LogP contribution in [-0.4, -0.2) is 13.1 Å². The molecule has 1 fully saturated rings. The maximum atomic E-state index is 12.5. The van der Waals surface area contributed by atoms with Crippen LogP contribution in [0, 0.1) is 5.92 Å². The average Bonchev–Trinajstić information content (AvgIpc) is 2.32. The molecule has 0 unspecified atom stereocenters. The maximum absolute atomic E-state index is 12.5. The van der Waals surface area contributed by atoms with Crippen LogP contribution >= 0.6 is 0 Å². The summed E-state index contributed by atoms with van der Waals surface area (Å²) in [7, 11) is 0. The van der Waals surface area contributed by atoms with Crippen molar-refractivity contribution in [1.29, 1.82) is 0 Å². The molecule has 1 heterocycles. The molecule has 3 N–H and O–H groups in total. The predicted molar refractivity (Wildman–Crippen MR) is 65.2 cm³/mol. The fourth-order valence-electron chi connectivity index (χ4n) is 2.35. The molecule has 1 aromatic rings. The van der Waals surface area contributed by atoms with Gasteiger partial charge in [-0.15, -0.1) is 0 Å². The molecular formula is C13H17F3N2. The van der Waals surface area contributed by atoms with Crippen LogP contribution in [0.4, 0.5) is 18.9 Å². The van der Waals surface area contributed by atoms with Crippen molar-refractivity contribution >= 4 is 5.69 Å². The highest BCUT2D eigenvalue weighted by Crippen LogP contribution is 2.32. The van der Waals surface area contributed by atoms with Crippen molar-refractivity contribution in [1.82, 2.24) is 5.32 Å². The van der Waals surface area contributed by atoms with Crippen molar-refractivity contribution in [3.63, 3.8) is 0 Å². The van der Waals surface area contributed by atoms with Crippen LogP contribution in [0.1, 0.15) is 24.0 Å². The topological polar surface area (TPSA) is 38.0 Å². The van der Waals surface area contributed by atoms with Gasteiger partial charge in [-0.2, -0.15) is 13.2 Å². The second-order valence-corrected chi connectivity index (χ2v) is 4.81. The van der Waals surface area contributed by atoms with Gasteiger partial charge >= 0.3 is 6.18 Å². The summed E-state index contributed by atoms with van der Waals surface area (Å²) in [6.45, 7) is 1.95. The molecule has 1 aromatic carbocycles. The van der Waals surface area contributed by atoms with E-state index in [1.807, 2.05) is 0 Å². The molecule has 5 heteroatoms. The first kappa shape index (κ1) is 13.2. The molecule has 1 saturated heterocycles. The molecule has 2 rings (SSSR count). The van der Waals surface area contributed by atoms with Crippen LogP contribution in [0.15, 0.2) is 18.2 Å². The Bertz CT molecular complexity index is 409. The summed E-state index contributed by atoms with van der Waals surface area (Å²) < 4.78 is 37.5. The lowest BCUT2D eigenvalue weighted by Crippen LogP contribution is -2.28. The maximum Gasteiger partial charge on any atom is 0.416 e. The lowest BCUT2D eigenvalue weighted by molar-refractivity contribution is -0.137. The Kier molecular flexibility index (Phi) is 3.80. The zero-order chi connectivity index (χ0) is 13.2. The molecule has 100 valence electrons. The van der Waals surface area contributed by atoms with Crippen LogP contribution in [0.5, 0.6) is 0 Å². The van der Waals surface area contributed by atoms with Gasteiger partial charge in [0, 0.05) is 5.69 Å². The van der Waals surface area contributed by atoms with Gasteiger partial charge in [0.2, 0.25) is 0 Å². The minimum atomic E-state index is -4.32. The number of benzene rings is 1. The van der Waals surface area contributed by atoms with E-state index in [1.165, 1.54) is 6.07 Å². The van der Waals surface area contributed by atoms with Crippen molar-refractivity contribution in [3.8, 4) is 0 Å². The Morgan fingerprint density at radius 1 is 1.22 bits per heavy atom. The van der Waals surface area contributed by atoms with E-state index in [-0.39, 0.29) is 5.69 Å². The molecule has 0 radical (unpaired) electrons. The number of nitrogen functional groups attached to an aromatic ring is 1. The average molecular weight is 258 g/mol. The molecule has 0 atom stereocenters. The fourth-order valence-corrected chi connectivity index (χ4v) is 2.35. The number of anilines is 1. The molecule has 0 aromatic heterocycles. The van der Waals surface area contributed by atoms with Gasteiger partial charge in [-0.1, -0.05) is 6.07 Å². The number of nitrogens with two attached hydrogens (primary N) is 1. The molecule has 1 aliphatic heterocycles. The van der Waals surface area contributed by atoms with E-state index < -0.39 is 11.7 Å². The lowest BCUT2D eigenvalue weighted by Gasteiger charge is -2.23. The van der Waals surface area contributed by atoms with E-state index in [1.54, 1.807) is 0 Å². The first-order chi connectivity index (χ1) is 8.47. The van der Waals surface area contributed by atoms with Gasteiger partial charge in [0.1, 0.15) is 0 Å². The molecule has 0 saturated carbocycles. The summed E-state index contributed by atoms with van der Waals surface area (Å²) in [5, 5.41) is 3.26. The molecule has 1 aliphatic rings. The first-order valence-electron chi connectivity index (χ1n) is 6.13. The molecule has 0 bridgehead atoms. The third-order valence-electron chi connectivity index (χ3n) is 3.44. The number of rotatable bonds is 2. The standard InChI is InChI=1S/C13H17F3N2/c14-13(15,16)11-2-1-10(12(17)8-11)7-9-3-5-18-6-4-9/h1-2,8-9,18H,3-7,17H2. The van der Waals surface area contributed by atoms with Crippen molar-refractivity contribution < 1.29 is 13.2 Å². The summed E-state index contributed by atoms with van der Waals surface area (Å²) in [5.41, 5.74) is 6.13. The highest BCUT2D eigenvalue weighted by atomic mass is 19.4. The Morgan fingerprint density at radius 2 is 1.89 bits per heavy atom. The summed E-state index contributed by atoms with van der Waals surface area (Å²) >= 11 is 0. The first-order valence-corrected chi connectivity index (χ1v) is 6.13. The molecule has 0 amide bonds. The third-order valence-corrected chi connectivity index (χ3v) is 3.44. The van der Waals surface area contributed by atoms with Crippen molar-refractivity contribution in [2.45, 2.75) is 25.4 Å². The Labute approximate surface area is 104 Å². The van der Waals surface area contributed by atoms with Gasteiger partial charge in [0.05, 0.1) is 5.56 Å². The van der Waals surface area contributed by atoms with E-state index >= 15 is 0 Å². The second kappa shape index (κ2) is 5.18. The van der Waals surface area contributed by atoms with Crippen molar-refractivity contribution in [3.05, 3.63) is 29.3 Å². The zero-order valence-corrected chi connectivity index (χ0v) is 10.1. The minimum absolute atomic E-state index is 0.253. The van der Waals surface area contributed by atoms with Crippen LogP contribution < -0.4 is 11.1 Å². The zero-order valence-electron chi connectivity index (χ0n) is 10.1. The Morgan fingerprint density at radius 3 is 2.44 bits per heavy atom. The number of nitrogens with one attached hydrogen (secondary N) is 1. The quantitative estimate of drug-likeness (QED) is 0.800. The third kappa shape index (κ3) is 3.16. The summed E-state index contributed by atoms with van der Waals surface area (Å²) in [6, 6.07) is 3.67. The monoisotopic (exact) mass is 258 g/mol. The smallest absolute Gasteiger partial charge is 0.398 e. The lowest BCUT2D eigenvalue weighted by atomic mass is 9.90. The van der Waals surface area contributed by atoms with Crippen LogP contribution in [0.25, 0.3) is 0 Å². The summed E-state index contributed by atoms with van der Waals surface area (Å²) in [5.74, 6) is 0.519. The number of piperidine rings is 1. The largest absolute Gasteiger partial charge is 0.416 e. The SMILES string of the molecule is Nc1cc(C(F)(F)F)ccc1CC1CCNCC1. The van der Waals surface area contributed by atoms with E-state index in [4.69, 9.17) is 5.73 Å². The van der Waals surface area contributed by atoms with Crippen molar-refractivity contribution in [2.24, 2.45) is 5.92 Å². The number of hydrogen-bond acceptors (Lipinski definition) is 2. The molecule has 0 spiro atoms. The van der Waals surface area contributed by atoms with Crippen LogP contribution in [0.2, 0.25) is 0 Å². The number of halogens is 3. The normalized spacial score (nSPS) is 17.9. The van der Waals surface area contributed by atoms with Crippen LogP contribution in [-0.2, 0) is 12.6 Å². The van der Waals surface area contributed by atoms with Gasteiger partial charge in [0.25, 0.3) is 0 Å². The van der Waals surface area contributed by atoms with E-state index in [0.717, 1.165) is 50.0 Å². The van der Waals surface area contributed by atoms with Gasteiger partial charge < -0.3 is 11.1 Å². The van der Waals surface area contributed by atoms with E-state index in [0.29, 0.717) is 5.92 Å². The fraction of sp³-hybridized carbons (Fsp3) is 0.538. The second-order valence-electron chi connectivity index (χ2n) is 4.81. The highest BCUT2D eigenvalue weighted by molar-refractivity contribution is 5.50. The summed E-state index contributed by atoms with van der Waals surface area (Å²) in [4.78, 5) is 0. The van der Waals surface area contributed by atoms with Gasteiger partial charge in [0.15, 0.2) is 0 Å². The summed E-state index contributed by atoms with van der Waals surface area (Å²) in [6.07, 6.45) is -1.44. The number of alkyl halides is 3. The Balaban J connectivity index is 2.09. The molecule has 0 aliphatic carbocycles. The van der Waals surface area contributed by atoms with E-state index in [2.05, 4.69) is 5.32 Å². The Hall–Kier alpha value is -1.23. The van der Waals surface area contributed by atoms with Gasteiger partial charge in [-0.3, -0.25) is 0 Å². The van der Waals surface area contributed by atoms with Gasteiger partial charge in [-0.25, -0.2) is 0 Å². The molecular weight excluding hydrogens is 241 g/mol. The molecule has 18 heavy (non-hydrogen) atoms. The van der Waals surface area contributed by atoms with Crippen LogP contribution in [0.3, 0.4) is 0 Å². The number of hydrogen-bond donors (Lipinski definition) is 2. The molecule has 2 nitrogen and oxygen atoms in total.